The minimum atomic E-state index is -0.215. The average molecular weight is 770 g/mol. The van der Waals surface area contributed by atoms with E-state index in [0.29, 0.717) is 17.5 Å². The Morgan fingerprint density at radius 3 is 1.23 bits per heavy atom. The normalized spacial score (nSPS) is 13.5. The molecule has 284 valence electrons. The summed E-state index contributed by atoms with van der Waals surface area (Å²) in [6.07, 6.45) is 1.95. The number of hydrogen-bond donors (Lipinski definition) is 1. The summed E-state index contributed by atoms with van der Waals surface area (Å²) in [6.45, 7) is 0. The van der Waals surface area contributed by atoms with E-state index in [1.165, 1.54) is 0 Å². The molecule has 0 saturated carbocycles. The number of nitrogens with zero attached hydrogens (tertiary/aromatic N) is 4. The number of aliphatic imine (C=N–C) groups is 1. The predicted octanol–water partition coefficient (Wildman–Crippen LogP) is 13.0. The van der Waals surface area contributed by atoms with Gasteiger partial charge in [0.15, 0.2) is 17.5 Å². The van der Waals surface area contributed by atoms with E-state index in [9.17, 15) is 0 Å². The van der Waals surface area contributed by atoms with Crippen molar-refractivity contribution in [3.05, 3.63) is 241 Å². The van der Waals surface area contributed by atoms with E-state index >= 15 is 0 Å². The van der Waals surface area contributed by atoms with E-state index in [1.807, 2.05) is 72.8 Å². The first-order valence-corrected chi connectivity index (χ1v) is 20.2. The van der Waals surface area contributed by atoms with E-state index in [4.69, 9.17) is 19.9 Å². The molecule has 10 rings (SSSR count). The summed E-state index contributed by atoms with van der Waals surface area (Å²) in [4.78, 5) is 20.1. The van der Waals surface area contributed by atoms with E-state index in [0.717, 1.165) is 78.2 Å². The third-order valence-corrected chi connectivity index (χ3v) is 10.8. The molecule has 0 radical (unpaired) electrons. The SMILES string of the molecule is C1=C(c2cccc(-c3ccccc3-c3ccccc3-c3cccc(-c4nc(-c5ccccc5)nc(-c5ccccc5)n4)c3)c2)NC(c2ccccc2)N=C1c1ccccc1. The highest BCUT2D eigenvalue weighted by atomic mass is 15.1. The second kappa shape index (κ2) is 16.5. The van der Waals surface area contributed by atoms with Crippen molar-refractivity contribution in [3.63, 3.8) is 0 Å². The van der Waals surface area contributed by atoms with Gasteiger partial charge >= 0.3 is 0 Å². The molecule has 0 bridgehead atoms. The Morgan fingerprint density at radius 2 is 0.700 bits per heavy atom. The van der Waals surface area contributed by atoms with Crippen LogP contribution in [0.2, 0.25) is 0 Å². The fourth-order valence-electron chi connectivity index (χ4n) is 7.82. The van der Waals surface area contributed by atoms with Crippen LogP contribution in [-0.4, -0.2) is 20.7 Å². The molecule has 1 atom stereocenters. The summed E-state index contributed by atoms with van der Waals surface area (Å²) in [5.74, 6) is 1.90. The van der Waals surface area contributed by atoms with Gasteiger partial charge in [0.05, 0.1) is 5.71 Å². The smallest absolute Gasteiger partial charge is 0.164 e. The first-order valence-electron chi connectivity index (χ1n) is 20.2. The van der Waals surface area contributed by atoms with Crippen LogP contribution >= 0.6 is 0 Å². The van der Waals surface area contributed by atoms with Crippen molar-refractivity contribution in [2.75, 3.05) is 0 Å². The number of nitrogens with one attached hydrogen (secondary N) is 1. The van der Waals surface area contributed by atoms with Gasteiger partial charge < -0.3 is 5.32 Å². The van der Waals surface area contributed by atoms with Crippen molar-refractivity contribution in [3.8, 4) is 67.5 Å². The van der Waals surface area contributed by atoms with Gasteiger partial charge in [-0.3, -0.25) is 4.99 Å². The zero-order chi connectivity index (χ0) is 40.1. The van der Waals surface area contributed by atoms with Crippen molar-refractivity contribution < 1.29 is 0 Å². The molecule has 2 heterocycles. The Balaban J connectivity index is 1.03. The van der Waals surface area contributed by atoms with E-state index in [-0.39, 0.29) is 6.17 Å². The summed E-state index contributed by atoms with van der Waals surface area (Å²) in [5.41, 5.74) is 14.8. The number of hydrogen-bond acceptors (Lipinski definition) is 5. The Kier molecular flexibility index (Phi) is 9.96. The van der Waals surface area contributed by atoms with Gasteiger partial charge in [-0.1, -0.05) is 206 Å². The Labute approximate surface area is 350 Å². The molecule has 60 heavy (non-hydrogen) atoms. The highest BCUT2D eigenvalue weighted by Crippen LogP contribution is 2.40. The minimum Gasteiger partial charge on any atom is -0.360 e. The quantitative estimate of drug-likeness (QED) is 0.159. The van der Waals surface area contributed by atoms with E-state index < -0.39 is 0 Å². The second-order valence-electron chi connectivity index (χ2n) is 14.7. The number of allylic oxidation sites excluding steroid dienone is 1. The molecule has 1 unspecified atom stereocenters. The van der Waals surface area contributed by atoms with Crippen LogP contribution in [0.1, 0.15) is 22.9 Å². The molecule has 0 aliphatic carbocycles. The van der Waals surface area contributed by atoms with Crippen LogP contribution in [0.25, 0.3) is 73.2 Å². The predicted molar refractivity (Wildman–Crippen MR) is 246 cm³/mol. The number of aromatic nitrogens is 3. The second-order valence-corrected chi connectivity index (χ2v) is 14.7. The van der Waals surface area contributed by atoms with Crippen LogP contribution in [0.5, 0.6) is 0 Å². The lowest BCUT2D eigenvalue weighted by atomic mass is 9.88. The van der Waals surface area contributed by atoms with E-state index in [2.05, 4.69) is 157 Å². The maximum atomic E-state index is 5.15. The summed E-state index contributed by atoms with van der Waals surface area (Å²) >= 11 is 0. The van der Waals surface area contributed by atoms with Gasteiger partial charge in [0, 0.05) is 22.4 Å². The van der Waals surface area contributed by atoms with Gasteiger partial charge in [0.2, 0.25) is 0 Å². The van der Waals surface area contributed by atoms with Crippen LogP contribution in [0.3, 0.4) is 0 Å². The van der Waals surface area contributed by atoms with Crippen molar-refractivity contribution in [2.45, 2.75) is 6.17 Å². The fraction of sp³-hybridized carbons (Fsp3) is 0.0182. The molecule has 0 saturated heterocycles. The summed E-state index contributed by atoms with van der Waals surface area (Å²) in [5, 5.41) is 3.74. The zero-order valence-electron chi connectivity index (χ0n) is 32.7. The topological polar surface area (TPSA) is 63.1 Å². The Hall–Kier alpha value is -8.02. The first kappa shape index (κ1) is 36.3. The van der Waals surface area contributed by atoms with Gasteiger partial charge in [-0.25, -0.2) is 15.0 Å². The van der Waals surface area contributed by atoms with Gasteiger partial charge in [0.1, 0.15) is 6.17 Å². The molecule has 1 aromatic heterocycles. The van der Waals surface area contributed by atoms with Crippen LogP contribution in [-0.2, 0) is 0 Å². The van der Waals surface area contributed by atoms with E-state index in [1.54, 1.807) is 0 Å². The standard InChI is InChI=1S/C55H39N5/c1-5-19-38(20-6-1)50-37-51(57-52(56-50)39-21-7-2-8-22-39)44-29-17-27-42(35-44)46-31-13-15-33-48(46)49-34-16-14-32-47(49)43-28-18-30-45(36-43)55-59-53(40-23-9-3-10-24-40)58-54(60-55)41-25-11-4-12-26-41/h1-37,52,57H. The van der Waals surface area contributed by atoms with Crippen molar-refractivity contribution in [1.82, 2.24) is 20.3 Å². The molecule has 5 nitrogen and oxygen atoms in total. The first-order chi connectivity index (χ1) is 29.7. The fourth-order valence-corrected chi connectivity index (χ4v) is 7.82. The lowest BCUT2D eigenvalue weighted by Crippen LogP contribution is -2.24. The average Bonchev–Trinajstić information content (AvgIpc) is 3.35. The van der Waals surface area contributed by atoms with Crippen molar-refractivity contribution in [2.24, 2.45) is 4.99 Å². The monoisotopic (exact) mass is 769 g/mol. The summed E-state index contributed by atoms with van der Waals surface area (Å²) < 4.78 is 0. The van der Waals surface area contributed by atoms with Gasteiger partial charge in [0.25, 0.3) is 0 Å². The Bertz CT molecular complexity index is 2940. The maximum absolute atomic E-state index is 5.15. The van der Waals surface area contributed by atoms with Gasteiger partial charge in [-0.15, -0.1) is 0 Å². The highest BCUT2D eigenvalue weighted by molar-refractivity contribution is 6.13. The largest absolute Gasteiger partial charge is 0.360 e. The number of rotatable bonds is 9. The molecule has 5 heteroatoms. The maximum Gasteiger partial charge on any atom is 0.164 e. The van der Waals surface area contributed by atoms with Gasteiger partial charge in [-0.05, 0) is 68.3 Å². The molecule has 8 aromatic carbocycles. The lowest BCUT2D eigenvalue weighted by molar-refractivity contribution is 0.664. The third-order valence-electron chi connectivity index (χ3n) is 10.8. The number of benzene rings is 8. The molecular weight excluding hydrogens is 731 g/mol. The highest BCUT2D eigenvalue weighted by Gasteiger charge is 2.21. The van der Waals surface area contributed by atoms with Crippen molar-refractivity contribution in [1.29, 1.82) is 0 Å². The van der Waals surface area contributed by atoms with Crippen molar-refractivity contribution >= 4 is 11.4 Å². The molecule has 1 aliphatic heterocycles. The molecule has 0 fully saturated rings. The lowest BCUT2D eigenvalue weighted by Gasteiger charge is -2.25. The van der Waals surface area contributed by atoms with Gasteiger partial charge in [-0.2, -0.15) is 0 Å². The molecular formula is C55H39N5. The van der Waals surface area contributed by atoms with Crippen LogP contribution in [0.4, 0.5) is 0 Å². The molecule has 1 aliphatic rings. The molecule has 0 spiro atoms. The third kappa shape index (κ3) is 7.55. The summed E-state index contributed by atoms with van der Waals surface area (Å²) in [7, 11) is 0. The van der Waals surface area contributed by atoms with Crippen LogP contribution in [0.15, 0.2) is 229 Å². The molecule has 0 amide bonds. The van der Waals surface area contributed by atoms with Crippen LogP contribution in [0, 0.1) is 0 Å². The molecule has 1 N–H and O–H groups in total. The Morgan fingerprint density at radius 1 is 0.317 bits per heavy atom. The zero-order valence-corrected chi connectivity index (χ0v) is 32.7. The minimum absolute atomic E-state index is 0.215. The van der Waals surface area contributed by atoms with Crippen LogP contribution < -0.4 is 5.32 Å². The molecule has 9 aromatic rings. The summed E-state index contributed by atoms with van der Waals surface area (Å²) in [6, 6.07) is 75.7.